The number of aliphatic carboxylic acids is 1. The van der Waals surface area contributed by atoms with Gasteiger partial charge in [-0.25, -0.2) is 8.78 Å². The third kappa shape index (κ3) is 6.29. The fourth-order valence-electron chi connectivity index (χ4n) is 4.94. The molecule has 4 nitrogen and oxygen atoms in total. The van der Waals surface area contributed by atoms with Gasteiger partial charge >= 0.3 is 5.97 Å². The van der Waals surface area contributed by atoms with Gasteiger partial charge < -0.3 is 5.11 Å². The first kappa shape index (κ1) is 24.6. The molecule has 7 heteroatoms. The Balaban J connectivity index is 0.00000289. The van der Waals surface area contributed by atoms with E-state index in [-0.39, 0.29) is 19.9 Å². The number of carbonyl (C=O) groups is 1. The van der Waals surface area contributed by atoms with Crippen molar-refractivity contribution in [1.29, 1.82) is 0 Å². The summed E-state index contributed by atoms with van der Waals surface area (Å²) in [4.78, 5) is 18.2. The van der Waals surface area contributed by atoms with Gasteiger partial charge in [0.2, 0.25) is 0 Å². The summed E-state index contributed by atoms with van der Waals surface area (Å²) in [5.74, 6) is -1.79. The zero-order valence-electron chi connectivity index (χ0n) is 18.3. The summed E-state index contributed by atoms with van der Waals surface area (Å²) in [7, 11) is 0. The molecule has 32 heavy (non-hydrogen) atoms. The molecule has 174 valence electrons. The van der Waals surface area contributed by atoms with Crippen LogP contribution in [-0.2, 0) is 24.1 Å². The molecule has 2 aliphatic rings. The number of nitrogens with zero attached hydrogens (tertiary/aromatic N) is 2. The van der Waals surface area contributed by atoms with Gasteiger partial charge in [-0.15, -0.1) is 0 Å². The van der Waals surface area contributed by atoms with E-state index >= 15 is 0 Å². The summed E-state index contributed by atoms with van der Waals surface area (Å²) >= 11 is 0. The number of halogens is 2. The van der Waals surface area contributed by atoms with Crippen LogP contribution < -0.4 is 0 Å². The number of rotatable bonds is 9. The number of carboxylic acid groups (broad SMARTS) is 1. The predicted molar refractivity (Wildman–Crippen MR) is 125 cm³/mol. The molecule has 0 bridgehead atoms. The van der Waals surface area contributed by atoms with Crippen LogP contribution >= 0.6 is 13.5 Å². The van der Waals surface area contributed by atoms with Gasteiger partial charge in [-0.2, -0.15) is 13.5 Å². The Morgan fingerprint density at radius 3 is 2.53 bits per heavy atom. The lowest BCUT2D eigenvalue weighted by Crippen LogP contribution is -2.48. The van der Waals surface area contributed by atoms with Crippen molar-refractivity contribution in [3.05, 3.63) is 64.5 Å². The van der Waals surface area contributed by atoms with Crippen LogP contribution in [-0.4, -0.2) is 34.0 Å². The summed E-state index contributed by atoms with van der Waals surface area (Å²) in [6.07, 6.45) is 8.90. The van der Waals surface area contributed by atoms with Crippen LogP contribution in [0, 0.1) is 17.6 Å². The molecule has 0 amide bonds. The minimum atomic E-state index is -0.962. The first-order chi connectivity index (χ1) is 15.0. The Bertz CT molecular complexity index is 914. The average molecular weight is 463 g/mol. The van der Waals surface area contributed by atoms with Gasteiger partial charge in [0, 0.05) is 36.6 Å². The molecule has 1 aromatic carbocycles. The van der Waals surface area contributed by atoms with Gasteiger partial charge in [0.15, 0.2) is 0 Å². The number of unbranched alkanes of at least 4 members (excludes halogenated alkanes) is 1. The Labute approximate surface area is 195 Å². The molecule has 4 rings (SSSR count). The molecule has 1 N–H and O–H groups in total. The van der Waals surface area contributed by atoms with Crippen LogP contribution in [0.3, 0.4) is 0 Å². The number of pyridine rings is 1. The second-order valence-electron chi connectivity index (χ2n) is 9.00. The Hall–Kier alpha value is -1.99. The van der Waals surface area contributed by atoms with Gasteiger partial charge in [0.1, 0.15) is 11.6 Å². The fourth-order valence-corrected chi connectivity index (χ4v) is 4.94. The highest BCUT2D eigenvalue weighted by Crippen LogP contribution is 2.34. The van der Waals surface area contributed by atoms with Crippen molar-refractivity contribution in [2.45, 2.75) is 63.8 Å². The SMILES string of the molecule is O=C(O)C[C@@H](c1cc(F)cc(F)c1)N1CC(CCCCc2ccc3c(n2)CCCC3)C1.S. The maximum Gasteiger partial charge on any atom is 0.305 e. The molecule has 1 saturated heterocycles. The van der Waals surface area contributed by atoms with Crippen molar-refractivity contribution in [1.82, 2.24) is 9.88 Å². The monoisotopic (exact) mass is 462 g/mol. The molecule has 2 heterocycles. The lowest BCUT2D eigenvalue weighted by molar-refractivity contribution is -0.139. The zero-order chi connectivity index (χ0) is 21.8. The normalized spacial score (nSPS) is 17.2. The van der Waals surface area contributed by atoms with E-state index < -0.39 is 23.6 Å². The highest BCUT2D eigenvalue weighted by Gasteiger charge is 2.34. The van der Waals surface area contributed by atoms with E-state index in [0.717, 1.165) is 57.7 Å². The van der Waals surface area contributed by atoms with Crippen LogP contribution in [0.2, 0.25) is 0 Å². The van der Waals surface area contributed by atoms with Gasteiger partial charge in [0.05, 0.1) is 6.42 Å². The van der Waals surface area contributed by atoms with Crippen molar-refractivity contribution in [2.24, 2.45) is 5.92 Å². The Morgan fingerprint density at radius 2 is 1.81 bits per heavy atom. The first-order valence-corrected chi connectivity index (χ1v) is 11.4. The summed E-state index contributed by atoms with van der Waals surface area (Å²) in [6, 6.07) is 7.24. The zero-order valence-corrected chi connectivity index (χ0v) is 19.3. The third-order valence-corrected chi connectivity index (χ3v) is 6.59. The van der Waals surface area contributed by atoms with Crippen LogP contribution in [0.25, 0.3) is 0 Å². The van der Waals surface area contributed by atoms with Crippen molar-refractivity contribution in [3.8, 4) is 0 Å². The second kappa shape index (κ2) is 11.2. The van der Waals surface area contributed by atoms with E-state index in [2.05, 4.69) is 12.1 Å². The van der Waals surface area contributed by atoms with Crippen LogP contribution in [0.15, 0.2) is 30.3 Å². The lowest BCUT2D eigenvalue weighted by atomic mass is 9.89. The third-order valence-electron chi connectivity index (χ3n) is 6.59. The number of aryl methyl sites for hydroxylation is 3. The minimum absolute atomic E-state index is 0. The van der Waals surface area contributed by atoms with Gasteiger partial charge in [-0.3, -0.25) is 14.7 Å². The average Bonchev–Trinajstić information content (AvgIpc) is 2.70. The van der Waals surface area contributed by atoms with Crippen molar-refractivity contribution >= 4 is 19.5 Å². The lowest BCUT2D eigenvalue weighted by Gasteiger charge is -2.44. The van der Waals surface area contributed by atoms with E-state index in [1.54, 1.807) is 0 Å². The molecule has 0 radical (unpaired) electrons. The molecule has 1 fully saturated rings. The minimum Gasteiger partial charge on any atom is -0.481 e. The molecule has 1 atom stereocenters. The molecular formula is C25H32F2N2O2S. The first-order valence-electron chi connectivity index (χ1n) is 11.4. The number of hydrogen-bond acceptors (Lipinski definition) is 3. The molecular weight excluding hydrogens is 430 g/mol. The molecule has 0 spiro atoms. The largest absolute Gasteiger partial charge is 0.481 e. The fraction of sp³-hybridized carbons (Fsp3) is 0.520. The van der Waals surface area contributed by atoms with E-state index in [1.165, 1.54) is 41.9 Å². The number of carboxylic acids is 1. The summed E-state index contributed by atoms with van der Waals surface area (Å²) < 4.78 is 27.2. The number of benzene rings is 1. The summed E-state index contributed by atoms with van der Waals surface area (Å²) in [5, 5.41) is 9.25. The van der Waals surface area contributed by atoms with E-state index in [9.17, 15) is 18.7 Å². The summed E-state index contributed by atoms with van der Waals surface area (Å²) in [5.41, 5.74) is 4.29. The molecule has 0 saturated carbocycles. The Morgan fingerprint density at radius 1 is 1.09 bits per heavy atom. The molecule has 1 aromatic heterocycles. The van der Waals surface area contributed by atoms with Gasteiger partial charge in [0.25, 0.3) is 0 Å². The predicted octanol–water partition coefficient (Wildman–Crippen LogP) is 5.21. The standard InChI is InChI=1S/C25H30F2N2O2.H2S/c26-20-11-19(12-21(27)13-20)24(14-25(30)31)29-15-17(16-29)5-1-3-7-22-10-9-18-6-2-4-8-23(18)28-22;/h9-13,17,24H,1-8,14-16H2,(H,30,31);1H2/t24-;/m0./s1. The Kier molecular flexibility index (Phi) is 8.65. The van der Waals surface area contributed by atoms with E-state index in [1.807, 2.05) is 4.90 Å². The molecule has 0 unspecified atom stereocenters. The number of hydrogen-bond donors (Lipinski definition) is 1. The van der Waals surface area contributed by atoms with Crippen molar-refractivity contribution in [2.75, 3.05) is 13.1 Å². The smallest absolute Gasteiger partial charge is 0.305 e. The number of likely N-dealkylation sites (tertiary alicyclic amines) is 1. The highest BCUT2D eigenvalue weighted by molar-refractivity contribution is 7.59. The van der Waals surface area contributed by atoms with E-state index in [0.29, 0.717) is 11.5 Å². The maximum atomic E-state index is 13.6. The van der Waals surface area contributed by atoms with Gasteiger partial charge in [-0.05, 0) is 80.2 Å². The van der Waals surface area contributed by atoms with Gasteiger partial charge in [-0.1, -0.05) is 12.5 Å². The molecule has 1 aliphatic carbocycles. The molecule has 1 aliphatic heterocycles. The highest BCUT2D eigenvalue weighted by atomic mass is 32.1. The van der Waals surface area contributed by atoms with Crippen LogP contribution in [0.1, 0.15) is 67.1 Å². The van der Waals surface area contributed by atoms with Crippen molar-refractivity contribution in [3.63, 3.8) is 0 Å². The van der Waals surface area contributed by atoms with Crippen LogP contribution in [0.4, 0.5) is 8.78 Å². The summed E-state index contributed by atoms with van der Waals surface area (Å²) in [6.45, 7) is 1.54. The quantitative estimate of drug-likeness (QED) is 0.520. The number of fused-ring (bicyclic) bond motifs is 1. The van der Waals surface area contributed by atoms with Crippen LogP contribution in [0.5, 0.6) is 0 Å². The van der Waals surface area contributed by atoms with Crippen molar-refractivity contribution < 1.29 is 18.7 Å². The topological polar surface area (TPSA) is 53.4 Å². The van der Waals surface area contributed by atoms with E-state index in [4.69, 9.17) is 4.98 Å². The maximum absolute atomic E-state index is 13.6. The molecule has 2 aromatic rings. The second-order valence-corrected chi connectivity index (χ2v) is 9.00. The number of aromatic nitrogens is 1.